The van der Waals surface area contributed by atoms with E-state index in [2.05, 4.69) is 5.32 Å². The molecular weight excluding hydrogens is 246 g/mol. The van der Waals surface area contributed by atoms with Gasteiger partial charge in [0.25, 0.3) is 6.43 Å². The maximum atomic E-state index is 13.0. The highest BCUT2D eigenvalue weighted by molar-refractivity contribution is 5.69. The summed E-state index contributed by atoms with van der Waals surface area (Å²) in [6, 6.07) is 10.2. The van der Waals surface area contributed by atoms with E-state index in [1.807, 2.05) is 32.0 Å². The Labute approximate surface area is 111 Å². The monoisotopic (exact) mass is 262 g/mol. The van der Waals surface area contributed by atoms with Gasteiger partial charge in [-0.15, -0.1) is 0 Å². The summed E-state index contributed by atoms with van der Waals surface area (Å²) in [5.74, 6) is 0. The molecule has 0 saturated heterocycles. The van der Waals surface area contributed by atoms with E-state index in [0.29, 0.717) is 11.4 Å². The number of alkyl halides is 2. The summed E-state index contributed by atoms with van der Waals surface area (Å²) in [6.07, 6.45) is -2.56. The predicted molar refractivity (Wildman–Crippen MR) is 75.0 cm³/mol. The third-order valence-electron chi connectivity index (χ3n) is 3.18. The van der Waals surface area contributed by atoms with Crippen molar-refractivity contribution in [2.24, 2.45) is 0 Å². The molecular formula is C15H16F2N2. The lowest BCUT2D eigenvalue weighted by Crippen LogP contribution is -2.00. The first-order chi connectivity index (χ1) is 8.99. The number of hydrogen-bond acceptors (Lipinski definition) is 2. The molecule has 2 rings (SSSR count). The number of halogens is 2. The third kappa shape index (κ3) is 2.84. The Kier molecular flexibility index (Phi) is 3.69. The first-order valence-electron chi connectivity index (χ1n) is 6.00. The minimum absolute atomic E-state index is 0.0825. The molecule has 0 spiro atoms. The molecule has 2 aromatic rings. The van der Waals surface area contributed by atoms with Crippen LogP contribution in [0.3, 0.4) is 0 Å². The molecule has 2 aromatic carbocycles. The lowest BCUT2D eigenvalue weighted by Gasteiger charge is -2.15. The number of nitrogens with two attached hydrogens (primary N) is 1. The Balaban J connectivity index is 2.41. The number of nitrogen functional groups attached to an aromatic ring is 1. The van der Waals surface area contributed by atoms with Gasteiger partial charge in [-0.2, -0.15) is 0 Å². The van der Waals surface area contributed by atoms with Gasteiger partial charge in [-0.05, 0) is 49.2 Å². The molecule has 0 heterocycles. The Morgan fingerprint density at radius 3 is 2.47 bits per heavy atom. The molecule has 0 saturated carbocycles. The third-order valence-corrected chi connectivity index (χ3v) is 3.18. The van der Waals surface area contributed by atoms with Crippen LogP contribution in [0.4, 0.5) is 25.8 Å². The van der Waals surface area contributed by atoms with Gasteiger partial charge in [-0.1, -0.05) is 12.1 Å². The van der Waals surface area contributed by atoms with Crippen LogP contribution < -0.4 is 11.1 Å². The fourth-order valence-electron chi connectivity index (χ4n) is 1.91. The van der Waals surface area contributed by atoms with Crippen molar-refractivity contribution in [2.45, 2.75) is 20.3 Å². The molecule has 0 aliphatic heterocycles. The minimum Gasteiger partial charge on any atom is -0.399 e. The second-order valence-corrected chi connectivity index (χ2v) is 4.52. The number of nitrogens with one attached hydrogen (secondary N) is 1. The van der Waals surface area contributed by atoms with E-state index >= 15 is 0 Å². The second-order valence-electron chi connectivity index (χ2n) is 4.52. The molecule has 2 nitrogen and oxygen atoms in total. The summed E-state index contributed by atoms with van der Waals surface area (Å²) in [5, 5.41) is 3.05. The van der Waals surface area contributed by atoms with Crippen molar-refractivity contribution >= 4 is 17.1 Å². The molecule has 0 radical (unpaired) electrons. The number of rotatable bonds is 3. The minimum atomic E-state index is -2.56. The van der Waals surface area contributed by atoms with Gasteiger partial charge in [0.2, 0.25) is 0 Å². The Hall–Kier alpha value is -2.10. The van der Waals surface area contributed by atoms with Crippen LogP contribution in [0.5, 0.6) is 0 Å². The van der Waals surface area contributed by atoms with Gasteiger partial charge < -0.3 is 11.1 Å². The molecule has 0 unspecified atom stereocenters. The van der Waals surface area contributed by atoms with Crippen LogP contribution in [0.1, 0.15) is 23.1 Å². The highest BCUT2D eigenvalue weighted by Crippen LogP contribution is 2.32. The van der Waals surface area contributed by atoms with E-state index in [1.54, 1.807) is 12.1 Å². The smallest absolute Gasteiger partial charge is 0.265 e. The Bertz CT molecular complexity index is 595. The quantitative estimate of drug-likeness (QED) is 0.795. The Morgan fingerprint density at radius 2 is 1.79 bits per heavy atom. The maximum absolute atomic E-state index is 13.0. The van der Waals surface area contributed by atoms with Gasteiger partial charge in [-0.3, -0.25) is 0 Å². The standard InChI is InChI=1S/C15H16F2N2/c1-9-4-3-5-13(10(9)2)19-14-7-6-11(18)8-12(14)15(16)17/h3-8,15,19H,18H2,1-2H3. The van der Waals surface area contributed by atoms with Gasteiger partial charge >= 0.3 is 0 Å². The average molecular weight is 262 g/mol. The number of benzene rings is 2. The van der Waals surface area contributed by atoms with E-state index in [-0.39, 0.29) is 5.56 Å². The van der Waals surface area contributed by atoms with Crippen molar-refractivity contribution in [3.63, 3.8) is 0 Å². The molecule has 0 aromatic heterocycles. The SMILES string of the molecule is Cc1cccc(Nc2ccc(N)cc2C(F)F)c1C. The van der Waals surface area contributed by atoms with Gasteiger partial charge in [0.1, 0.15) is 0 Å². The van der Waals surface area contributed by atoms with Crippen molar-refractivity contribution in [3.05, 3.63) is 53.1 Å². The largest absolute Gasteiger partial charge is 0.399 e. The molecule has 19 heavy (non-hydrogen) atoms. The molecule has 0 amide bonds. The number of anilines is 3. The lowest BCUT2D eigenvalue weighted by atomic mass is 10.1. The molecule has 0 fully saturated rings. The van der Waals surface area contributed by atoms with Crippen LogP contribution in [0, 0.1) is 13.8 Å². The van der Waals surface area contributed by atoms with Crippen LogP contribution in [-0.4, -0.2) is 0 Å². The van der Waals surface area contributed by atoms with E-state index in [0.717, 1.165) is 16.8 Å². The highest BCUT2D eigenvalue weighted by Gasteiger charge is 2.14. The fraction of sp³-hybridized carbons (Fsp3) is 0.200. The molecule has 4 heteroatoms. The topological polar surface area (TPSA) is 38.0 Å². The van der Waals surface area contributed by atoms with E-state index < -0.39 is 6.43 Å². The lowest BCUT2D eigenvalue weighted by molar-refractivity contribution is 0.152. The summed E-state index contributed by atoms with van der Waals surface area (Å²) in [7, 11) is 0. The molecule has 0 atom stereocenters. The molecule has 0 aliphatic rings. The van der Waals surface area contributed by atoms with Crippen LogP contribution >= 0.6 is 0 Å². The first-order valence-corrected chi connectivity index (χ1v) is 6.00. The van der Waals surface area contributed by atoms with Crippen LogP contribution in [-0.2, 0) is 0 Å². The zero-order valence-corrected chi connectivity index (χ0v) is 10.9. The zero-order valence-electron chi connectivity index (χ0n) is 10.9. The van der Waals surface area contributed by atoms with Crippen LogP contribution in [0.15, 0.2) is 36.4 Å². The second kappa shape index (κ2) is 5.26. The molecule has 100 valence electrons. The van der Waals surface area contributed by atoms with Gasteiger partial charge in [0, 0.05) is 22.6 Å². The molecule has 0 aliphatic carbocycles. The first kappa shape index (κ1) is 13.3. The number of aryl methyl sites for hydroxylation is 1. The van der Waals surface area contributed by atoms with Crippen LogP contribution in [0.25, 0.3) is 0 Å². The van der Waals surface area contributed by atoms with Crippen molar-refractivity contribution in [2.75, 3.05) is 11.1 Å². The van der Waals surface area contributed by atoms with Crippen molar-refractivity contribution in [3.8, 4) is 0 Å². The summed E-state index contributed by atoms with van der Waals surface area (Å²) in [6.45, 7) is 3.94. The summed E-state index contributed by atoms with van der Waals surface area (Å²) < 4.78 is 26.0. The van der Waals surface area contributed by atoms with E-state index in [9.17, 15) is 8.78 Å². The zero-order chi connectivity index (χ0) is 14.0. The highest BCUT2D eigenvalue weighted by atomic mass is 19.3. The van der Waals surface area contributed by atoms with Gasteiger partial charge in [0.15, 0.2) is 0 Å². The van der Waals surface area contributed by atoms with E-state index in [1.165, 1.54) is 6.07 Å². The number of hydrogen-bond donors (Lipinski definition) is 2. The summed E-state index contributed by atoms with van der Waals surface area (Å²) >= 11 is 0. The summed E-state index contributed by atoms with van der Waals surface area (Å²) in [4.78, 5) is 0. The Morgan fingerprint density at radius 1 is 1.05 bits per heavy atom. The van der Waals surface area contributed by atoms with Crippen LogP contribution in [0.2, 0.25) is 0 Å². The normalized spacial score (nSPS) is 10.8. The van der Waals surface area contributed by atoms with Gasteiger partial charge in [-0.25, -0.2) is 8.78 Å². The molecule has 3 N–H and O–H groups in total. The summed E-state index contributed by atoms with van der Waals surface area (Å²) in [5.41, 5.74) is 9.17. The average Bonchev–Trinajstić information content (AvgIpc) is 2.36. The van der Waals surface area contributed by atoms with Crippen molar-refractivity contribution in [1.29, 1.82) is 0 Å². The van der Waals surface area contributed by atoms with Gasteiger partial charge in [0.05, 0.1) is 0 Å². The fourth-order valence-corrected chi connectivity index (χ4v) is 1.91. The maximum Gasteiger partial charge on any atom is 0.265 e. The molecule has 0 bridgehead atoms. The van der Waals surface area contributed by atoms with Crippen molar-refractivity contribution < 1.29 is 8.78 Å². The van der Waals surface area contributed by atoms with E-state index in [4.69, 9.17) is 5.73 Å². The van der Waals surface area contributed by atoms with Crippen molar-refractivity contribution in [1.82, 2.24) is 0 Å². The predicted octanol–water partition coefficient (Wildman–Crippen LogP) is 4.57.